The number of carbonyl (C=O) groups is 1. The molecule has 0 bridgehead atoms. The largest absolute Gasteiger partial charge is 0.493 e. The van der Waals surface area contributed by atoms with Crippen LogP contribution in [0.25, 0.3) is 11.3 Å². The lowest BCUT2D eigenvalue weighted by molar-refractivity contribution is 0.0953. The molecule has 0 aliphatic rings. The maximum absolute atomic E-state index is 12.4. The molecule has 0 spiro atoms. The van der Waals surface area contributed by atoms with E-state index in [1.165, 1.54) is 0 Å². The molecule has 0 atom stereocenters. The van der Waals surface area contributed by atoms with Gasteiger partial charge in [-0.15, -0.1) is 0 Å². The molecule has 3 rings (SSSR count). The summed E-state index contributed by atoms with van der Waals surface area (Å²) in [5.41, 5.74) is 3.34. The topological polar surface area (TPSA) is 69.7 Å². The van der Waals surface area contributed by atoms with Crippen LogP contribution < -0.4 is 19.5 Å². The van der Waals surface area contributed by atoms with Gasteiger partial charge < -0.3 is 19.5 Å². The van der Waals surface area contributed by atoms with Crippen molar-refractivity contribution in [3.05, 3.63) is 71.8 Å². The highest BCUT2D eigenvalue weighted by Gasteiger charge is 2.09. The fourth-order valence-corrected chi connectivity index (χ4v) is 3.27. The Labute approximate surface area is 189 Å². The van der Waals surface area contributed by atoms with E-state index in [4.69, 9.17) is 14.2 Å². The molecule has 2 aromatic carbocycles. The highest BCUT2D eigenvalue weighted by molar-refractivity contribution is 5.95. The van der Waals surface area contributed by atoms with E-state index in [1.54, 1.807) is 14.2 Å². The number of pyridine rings is 1. The minimum atomic E-state index is -0.0670. The zero-order chi connectivity index (χ0) is 22.8. The van der Waals surface area contributed by atoms with Crippen molar-refractivity contribution >= 4 is 5.91 Å². The third-order valence-corrected chi connectivity index (χ3v) is 5.05. The first-order valence-electron chi connectivity index (χ1n) is 10.8. The van der Waals surface area contributed by atoms with Crippen LogP contribution >= 0.6 is 0 Å². The van der Waals surface area contributed by atoms with Gasteiger partial charge in [0.1, 0.15) is 0 Å². The lowest BCUT2D eigenvalue weighted by atomic mass is 10.1. The van der Waals surface area contributed by atoms with Crippen LogP contribution in [0.5, 0.6) is 17.4 Å². The van der Waals surface area contributed by atoms with Gasteiger partial charge >= 0.3 is 0 Å². The third kappa shape index (κ3) is 6.23. The SMILES string of the molecule is CCCCNC(=O)c1cccc(-c2cccc(OCCc3ccc(OC)c(OC)c3)n2)c1. The Hall–Kier alpha value is -3.54. The molecule has 3 aromatic rings. The summed E-state index contributed by atoms with van der Waals surface area (Å²) in [6.07, 6.45) is 2.72. The Kier molecular flexibility index (Phi) is 8.49. The van der Waals surface area contributed by atoms with Crippen LogP contribution in [0.3, 0.4) is 0 Å². The molecule has 0 unspecified atom stereocenters. The molecule has 0 saturated heterocycles. The van der Waals surface area contributed by atoms with E-state index >= 15 is 0 Å². The molecule has 0 saturated carbocycles. The highest BCUT2D eigenvalue weighted by Crippen LogP contribution is 2.28. The number of hydrogen-bond donors (Lipinski definition) is 1. The van der Waals surface area contributed by atoms with Gasteiger partial charge in [0.15, 0.2) is 11.5 Å². The molecule has 0 fully saturated rings. The van der Waals surface area contributed by atoms with Gasteiger partial charge in [0.05, 0.1) is 26.5 Å². The van der Waals surface area contributed by atoms with Crippen LogP contribution in [-0.4, -0.2) is 38.3 Å². The van der Waals surface area contributed by atoms with Crippen molar-refractivity contribution in [3.8, 4) is 28.6 Å². The second kappa shape index (κ2) is 11.7. The quantitative estimate of drug-likeness (QED) is 0.434. The summed E-state index contributed by atoms with van der Waals surface area (Å²) in [6, 6.07) is 19.0. The molecule has 1 N–H and O–H groups in total. The molecule has 6 heteroatoms. The third-order valence-electron chi connectivity index (χ3n) is 5.05. The first-order valence-corrected chi connectivity index (χ1v) is 10.8. The Morgan fingerprint density at radius 1 is 0.969 bits per heavy atom. The molecule has 1 amide bonds. The van der Waals surface area contributed by atoms with Crippen molar-refractivity contribution in [1.29, 1.82) is 0 Å². The first-order chi connectivity index (χ1) is 15.6. The standard InChI is InChI=1S/C26H30N2O4/c1-4-5-15-27-26(29)21-9-6-8-20(18-21)22-10-7-11-25(28-22)32-16-14-19-12-13-23(30-2)24(17-19)31-3/h6-13,17-18H,4-5,14-16H2,1-3H3,(H,27,29). The van der Waals surface area contributed by atoms with Gasteiger partial charge in [-0.25, -0.2) is 4.98 Å². The number of rotatable bonds is 11. The van der Waals surface area contributed by atoms with E-state index in [1.807, 2.05) is 60.7 Å². The Balaban J connectivity index is 1.63. The Morgan fingerprint density at radius 2 is 1.78 bits per heavy atom. The number of nitrogens with zero attached hydrogens (tertiary/aromatic N) is 1. The number of ether oxygens (including phenoxy) is 3. The number of benzene rings is 2. The lowest BCUT2D eigenvalue weighted by Gasteiger charge is -2.11. The van der Waals surface area contributed by atoms with E-state index in [9.17, 15) is 4.79 Å². The monoisotopic (exact) mass is 434 g/mol. The second-order valence-corrected chi connectivity index (χ2v) is 7.34. The number of amides is 1. The van der Waals surface area contributed by atoms with Crippen LogP contribution in [0, 0.1) is 0 Å². The second-order valence-electron chi connectivity index (χ2n) is 7.34. The molecule has 0 aliphatic heterocycles. The molecular weight excluding hydrogens is 404 g/mol. The number of aromatic nitrogens is 1. The summed E-state index contributed by atoms with van der Waals surface area (Å²) in [7, 11) is 3.24. The predicted molar refractivity (Wildman–Crippen MR) is 126 cm³/mol. The van der Waals surface area contributed by atoms with Crippen molar-refractivity contribution in [2.24, 2.45) is 0 Å². The summed E-state index contributed by atoms with van der Waals surface area (Å²) in [5.74, 6) is 1.87. The number of hydrogen-bond acceptors (Lipinski definition) is 5. The normalized spacial score (nSPS) is 10.5. The van der Waals surface area contributed by atoms with Crippen molar-refractivity contribution in [2.75, 3.05) is 27.4 Å². The van der Waals surface area contributed by atoms with Crippen molar-refractivity contribution < 1.29 is 19.0 Å². The van der Waals surface area contributed by atoms with Crippen LogP contribution in [0.1, 0.15) is 35.7 Å². The first kappa shape index (κ1) is 23.1. The maximum atomic E-state index is 12.4. The molecule has 1 heterocycles. The molecule has 168 valence electrons. The number of methoxy groups -OCH3 is 2. The van der Waals surface area contributed by atoms with Crippen molar-refractivity contribution in [2.45, 2.75) is 26.2 Å². The highest BCUT2D eigenvalue weighted by atomic mass is 16.5. The zero-order valence-electron chi connectivity index (χ0n) is 18.9. The van der Waals surface area contributed by atoms with E-state index < -0.39 is 0 Å². The zero-order valence-corrected chi connectivity index (χ0v) is 18.9. The van der Waals surface area contributed by atoms with Crippen LogP contribution in [0.15, 0.2) is 60.7 Å². The van der Waals surface area contributed by atoms with E-state index in [-0.39, 0.29) is 5.91 Å². The van der Waals surface area contributed by atoms with Crippen molar-refractivity contribution in [1.82, 2.24) is 10.3 Å². The summed E-state index contributed by atoms with van der Waals surface area (Å²) < 4.78 is 16.5. The summed E-state index contributed by atoms with van der Waals surface area (Å²) in [4.78, 5) is 17.0. The summed E-state index contributed by atoms with van der Waals surface area (Å²) in [6.45, 7) is 3.26. The minimum absolute atomic E-state index is 0.0670. The van der Waals surface area contributed by atoms with E-state index in [0.717, 1.165) is 29.7 Å². The van der Waals surface area contributed by atoms with Crippen LogP contribution in [0.2, 0.25) is 0 Å². The van der Waals surface area contributed by atoms with Gasteiger partial charge in [-0.1, -0.05) is 37.6 Å². The molecular formula is C26H30N2O4. The van der Waals surface area contributed by atoms with Crippen LogP contribution in [0.4, 0.5) is 0 Å². The Bertz CT molecular complexity index is 1040. The smallest absolute Gasteiger partial charge is 0.251 e. The molecule has 0 radical (unpaired) electrons. The van der Waals surface area contributed by atoms with Gasteiger partial charge in [0, 0.05) is 30.2 Å². The van der Waals surface area contributed by atoms with Crippen molar-refractivity contribution in [3.63, 3.8) is 0 Å². The number of unbranched alkanes of at least 4 members (excludes halogenated alkanes) is 1. The minimum Gasteiger partial charge on any atom is -0.493 e. The fraction of sp³-hybridized carbons (Fsp3) is 0.308. The average molecular weight is 435 g/mol. The predicted octanol–water partition coefficient (Wildman–Crippen LogP) is 4.92. The number of nitrogens with one attached hydrogen (secondary N) is 1. The maximum Gasteiger partial charge on any atom is 0.251 e. The molecule has 6 nitrogen and oxygen atoms in total. The summed E-state index contributed by atoms with van der Waals surface area (Å²) >= 11 is 0. The lowest BCUT2D eigenvalue weighted by Crippen LogP contribution is -2.24. The average Bonchev–Trinajstić information content (AvgIpc) is 2.84. The van der Waals surface area contributed by atoms with E-state index in [2.05, 4.69) is 17.2 Å². The van der Waals surface area contributed by atoms with Gasteiger partial charge in [-0.2, -0.15) is 0 Å². The Morgan fingerprint density at radius 3 is 2.56 bits per heavy atom. The summed E-state index contributed by atoms with van der Waals surface area (Å²) in [5, 5.41) is 2.95. The van der Waals surface area contributed by atoms with E-state index in [0.29, 0.717) is 42.5 Å². The molecule has 0 aliphatic carbocycles. The van der Waals surface area contributed by atoms with Crippen LogP contribution in [-0.2, 0) is 6.42 Å². The molecule has 1 aromatic heterocycles. The van der Waals surface area contributed by atoms with Gasteiger partial charge in [0.2, 0.25) is 5.88 Å². The fourth-order valence-electron chi connectivity index (χ4n) is 3.27. The number of carbonyl (C=O) groups excluding carboxylic acids is 1. The van der Waals surface area contributed by atoms with Gasteiger partial charge in [-0.3, -0.25) is 4.79 Å². The van der Waals surface area contributed by atoms with Gasteiger partial charge in [0.25, 0.3) is 5.91 Å². The molecule has 32 heavy (non-hydrogen) atoms. The van der Waals surface area contributed by atoms with Gasteiger partial charge in [-0.05, 0) is 42.3 Å².